The van der Waals surface area contributed by atoms with E-state index >= 15 is 0 Å². The highest BCUT2D eigenvalue weighted by molar-refractivity contribution is 5.63. The first kappa shape index (κ1) is 12.8. The summed E-state index contributed by atoms with van der Waals surface area (Å²) in [5, 5.41) is 0. The minimum absolute atomic E-state index is 0.332. The van der Waals surface area contributed by atoms with Gasteiger partial charge in [0.2, 0.25) is 0 Å². The van der Waals surface area contributed by atoms with E-state index in [1.807, 2.05) is 6.07 Å². The summed E-state index contributed by atoms with van der Waals surface area (Å²) in [5.41, 5.74) is 3.92. The smallest absolute Gasteiger partial charge is 0.0546 e. The van der Waals surface area contributed by atoms with E-state index in [1.54, 1.807) is 7.11 Å². The van der Waals surface area contributed by atoms with Crippen LogP contribution in [0.25, 0.3) is 11.1 Å². The van der Waals surface area contributed by atoms with Gasteiger partial charge in [0, 0.05) is 7.11 Å². The molecule has 0 bridgehead atoms. The van der Waals surface area contributed by atoms with Crippen LogP contribution in [0.4, 0.5) is 0 Å². The summed E-state index contributed by atoms with van der Waals surface area (Å²) in [6.07, 6.45) is 2.48. The lowest BCUT2D eigenvalue weighted by atomic mass is 10.0. The molecule has 0 aliphatic heterocycles. The summed E-state index contributed by atoms with van der Waals surface area (Å²) in [4.78, 5) is 0. The second-order valence-corrected chi connectivity index (χ2v) is 4.65. The van der Waals surface area contributed by atoms with Crippen molar-refractivity contribution in [3.8, 4) is 11.1 Å². The Labute approximate surface area is 109 Å². The zero-order valence-electron chi connectivity index (χ0n) is 11.1. The van der Waals surface area contributed by atoms with Gasteiger partial charge in [-0.2, -0.15) is 0 Å². The molecule has 0 fully saturated rings. The molecule has 0 amide bonds. The maximum atomic E-state index is 5.26. The van der Waals surface area contributed by atoms with Crippen LogP contribution >= 0.6 is 0 Å². The zero-order chi connectivity index (χ0) is 12.8. The van der Waals surface area contributed by atoms with E-state index < -0.39 is 0 Å². The molecule has 18 heavy (non-hydrogen) atoms. The van der Waals surface area contributed by atoms with E-state index in [9.17, 15) is 0 Å². The summed E-state index contributed by atoms with van der Waals surface area (Å²) in [6.45, 7) is 2.11. The van der Waals surface area contributed by atoms with Crippen LogP contribution in [0.15, 0.2) is 54.6 Å². The monoisotopic (exact) mass is 240 g/mol. The lowest BCUT2D eigenvalue weighted by Crippen LogP contribution is -2.05. The minimum atomic E-state index is 0.332. The van der Waals surface area contributed by atoms with Crippen molar-refractivity contribution in [3.05, 3.63) is 60.2 Å². The number of aryl methyl sites for hydroxylation is 1. The van der Waals surface area contributed by atoms with Gasteiger partial charge in [-0.1, -0.05) is 54.6 Å². The molecule has 1 unspecified atom stereocenters. The van der Waals surface area contributed by atoms with Crippen LogP contribution in [-0.2, 0) is 11.2 Å². The molecule has 1 heteroatoms. The van der Waals surface area contributed by atoms with Gasteiger partial charge < -0.3 is 4.74 Å². The highest BCUT2D eigenvalue weighted by Gasteiger charge is 2.01. The first-order valence-corrected chi connectivity index (χ1v) is 6.47. The molecule has 0 aliphatic rings. The number of benzene rings is 2. The normalized spacial score (nSPS) is 12.3. The quantitative estimate of drug-likeness (QED) is 0.756. The molecule has 0 radical (unpaired) electrons. The van der Waals surface area contributed by atoms with E-state index in [1.165, 1.54) is 16.7 Å². The number of hydrogen-bond acceptors (Lipinski definition) is 1. The van der Waals surface area contributed by atoms with Gasteiger partial charge >= 0.3 is 0 Å². The largest absolute Gasteiger partial charge is 0.382 e. The van der Waals surface area contributed by atoms with E-state index in [0.29, 0.717) is 6.10 Å². The molecule has 0 aliphatic carbocycles. The van der Waals surface area contributed by atoms with Crippen LogP contribution in [0.1, 0.15) is 18.9 Å². The predicted molar refractivity (Wildman–Crippen MR) is 76.7 cm³/mol. The highest BCUT2D eigenvalue weighted by Crippen LogP contribution is 2.19. The average molecular weight is 240 g/mol. The van der Waals surface area contributed by atoms with Gasteiger partial charge in [0.15, 0.2) is 0 Å². The molecule has 0 aromatic heterocycles. The predicted octanol–water partition coefficient (Wildman–Crippen LogP) is 4.32. The van der Waals surface area contributed by atoms with Crippen LogP contribution in [0, 0.1) is 0 Å². The Hall–Kier alpha value is -1.60. The van der Waals surface area contributed by atoms with Crippen molar-refractivity contribution in [2.24, 2.45) is 0 Å². The molecular formula is C17H20O. The lowest BCUT2D eigenvalue weighted by molar-refractivity contribution is 0.111. The summed E-state index contributed by atoms with van der Waals surface area (Å²) >= 11 is 0. The Bertz CT molecular complexity index is 459. The Kier molecular flexibility index (Phi) is 4.54. The molecule has 94 valence electrons. The Balaban J connectivity index is 2.02. The van der Waals surface area contributed by atoms with Gasteiger partial charge in [-0.3, -0.25) is 0 Å². The van der Waals surface area contributed by atoms with Crippen LogP contribution in [0.5, 0.6) is 0 Å². The number of methoxy groups -OCH3 is 1. The van der Waals surface area contributed by atoms with Gasteiger partial charge in [0.05, 0.1) is 6.10 Å². The standard InChI is InChI=1S/C17H20O/c1-14(18-2)8-9-15-10-12-17(13-11-15)16-6-4-3-5-7-16/h3-7,10-14H,8-9H2,1-2H3. The van der Waals surface area contributed by atoms with Crippen molar-refractivity contribution in [2.45, 2.75) is 25.9 Å². The van der Waals surface area contributed by atoms with Crippen molar-refractivity contribution in [3.63, 3.8) is 0 Å². The van der Waals surface area contributed by atoms with E-state index in [2.05, 4.69) is 55.5 Å². The third-order valence-corrected chi connectivity index (χ3v) is 3.30. The van der Waals surface area contributed by atoms with Crippen LogP contribution in [0.2, 0.25) is 0 Å². The molecule has 2 aromatic carbocycles. The number of hydrogen-bond donors (Lipinski definition) is 0. The van der Waals surface area contributed by atoms with Gasteiger partial charge in [-0.05, 0) is 36.5 Å². The molecule has 2 aromatic rings. The first-order valence-electron chi connectivity index (χ1n) is 6.47. The zero-order valence-corrected chi connectivity index (χ0v) is 11.1. The van der Waals surface area contributed by atoms with Gasteiger partial charge in [0.1, 0.15) is 0 Å². The third kappa shape index (κ3) is 3.44. The Morgan fingerprint density at radius 1 is 0.889 bits per heavy atom. The molecular weight excluding hydrogens is 220 g/mol. The molecule has 0 saturated heterocycles. The molecule has 0 N–H and O–H groups in total. The second kappa shape index (κ2) is 6.36. The summed E-state index contributed by atoms with van der Waals surface area (Å²) in [7, 11) is 1.77. The van der Waals surface area contributed by atoms with Crippen molar-refractivity contribution in [1.82, 2.24) is 0 Å². The van der Waals surface area contributed by atoms with Crippen molar-refractivity contribution >= 4 is 0 Å². The van der Waals surface area contributed by atoms with Gasteiger partial charge in [-0.25, -0.2) is 0 Å². The van der Waals surface area contributed by atoms with Crippen molar-refractivity contribution < 1.29 is 4.74 Å². The van der Waals surface area contributed by atoms with Crippen molar-refractivity contribution in [2.75, 3.05) is 7.11 Å². The second-order valence-electron chi connectivity index (χ2n) is 4.65. The third-order valence-electron chi connectivity index (χ3n) is 3.30. The molecule has 2 rings (SSSR count). The average Bonchev–Trinajstić information content (AvgIpc) is 2.46. The molecule has 1 nitrogen and oxygen atoms in total. The highest BCUT2D eigenvalue weighted by atomic mass is 16.5. The SMILES string of the molecule is COC(C)CCc1ccc(-c2ccccc2)cc1. The fraction of sp³-hybridized carbons (Fsp3) is 0.294. The fourth-order valence-electron chi connectivity index (χ4n) is 1.98. The van der Waals surface area contributed by atoms with Crippen LogP contribution in [-0.4, -0.2) is 13.2 Å². The Morgan fingerprint density at radius 3 is 2.11 bits per heavy atom. The Morgan fingerprint density at radius 2 is 1.50 bits per heavy atom. The van der Waals surface area contributed by atoms with Gasteiger partial charge in [-0.15, -0.1) is 0 Å². The summed E-state index contributed by atoms with van der Waals surface area (Å²) in [6, 6.07) is 19.3. The van der Waals surface area contributed by atoms with E-state index in [-0.39, 0.29) is 0 Å². The maximum absolute atomic E-state index is 5.26. The summed E-state index contributed by atoms with van der Waals surface area (Å²) < 4.78 is 5.26. The minimum Gasteiger partial charge on any atom is -0.382 e. The molecule has 0 spiro atoms. The van der Waals surface area contributed by atoms with Gasteiger partial charge in [0.25, 0.3) is 0 Å². The van der Waals surface area contributed by atoms with Crippen LogP contribution < -0.4 is 0 Å². The first-order chi connectivity index (χ1) is 8.79. The van der Waals surface area contributed by atoms with Crippen molar-refractivity contribution in [1.29, 1.82) is 0 Å². The topological polar surface area (TPSA) is 9.23 Å². The van der Waals surface area contributed by atoms with E-state index in [4.69, 9.17) is 4.74 Å². The van der Waals surface area contributed by atoms with E-state index in [0.717, 1.165) is 12.8 Å². The molecule has 1 atom stereocenters. The molecule has 0 heterocycles. The number of rotatable bonds is 5. The summed E-state index contributed by atoms with van der Waals surface area (Å²) in [5.74, 6) is 0. The van der Waals surface area contributed by atoms with Crippen LogP contribution in [0.3, 0.4) is 0 Å². The maximum Gasteiger partial charge on any atom is 0.0546 e. The molecule has 0 saturated carbocycles. The lowest BCUT2D eigenvalue weighted by Gasteiger charge is -2.09. The number of ether oxygens (including phenoxy) is 1. The fourth-order valence-corrected chi connectivity index (χ4v) is 1.98.